The highest BCUT2D eigenvalue weighted by Gasteiger charge is 2.36. The van der Waals surface area contributed by atoms with Crippen molar-refractivity contribution in [1.82, 2.24) is 4.57 Å². The SMILES string of the molecule is CCCC1=C(C(=O)OCC)[C@H](c2cc(OC)ccc2OC)n2c(s/c(=C/c3ccccc3OCc3ccccc3Cl)c2=O)=N1. The number of nitrogens with zero attached hydrogens (tertiary/aromatic N) is 2. The highest BCUT2D eigenvalue weighted by molar-refractivity contribution is 7.07. The zero-order valence-corrected chi connectivity index (χ0v) is 26.5. The van der Waals surface area contributed by atoms with Gasteiger partial charge in [0.2, 0.25) is 0 Å². The maximum Gasteiger partial charge on any atom is 0.338 e. The molecule has 0 fully saturated rings. The number of rotatable bonds is 11. The number of ether oxygens (including phenoxy) is 4. The lowest BCUT2D eigenvalue weighted by Crippen LogP contribution is -2.40. The number of methoxy groups -OCH3 is 2. The summed E-state index contributed by atoms with van der Waals surface area (Å²) in [6.07, 6.45) is 3.06. The third-order valence-corrected chi connectivity index (χ3v) is 8.52. The molecule has 10 heteroatoms. The molecule has 5 rings (SSSR count). The molecule has 3 aromatic carbocycles. The molecule has 0 unspecified atom stereocenters. The summed E-state index contributed by atoms with van der Waals surface area (Å²) >= 11 is 7.59. The Morgan fingerprint density at radius 3 is 2.52 bits per heavy atom. The van der Waals surface area contributed by atoms with E-state index in [0.717, 1.165) is 17.5 Å². The molecule has 1 aromatic heterocycles. The number of carbonyl (C=O) groups is 1. The van der Waals surface area contributed by atoms with Gasteiger partial charge in [-0.1, -0.05) is 72.7 Å². The fraction of sp³-hybridized carbons (Fsp3) is 0.265. The number of allylic oxidation sites excluding steroid dienone is 1. The van der Waals surface area contributed by atoms with Crippen molar-refractivity contribution in [2.75, 3.05) is 20.8 Å². The van der Waals surface area contributed by atoms with Gasteiger partial charge in [-0.3, -0.25) is 9.36 Å². The Morgan fingerprint density at radius 2 is 1.80 bits per heavy atom. The van der Waals surface area contributed by atoms with Gasteiger partial charge in [-0.15, -0.1) is 0 Å². The quantitative estimate of drug-likeness (QED) is 0.193. The van der Waals surface area contributed by atoms with Crippen molar-refractivity contribution in [3.8, 4) is 17.2 Å². The van der Waals surface area contributed by atoms with Crippen molar-refractivity contribution in [1.29, 1.82) is 0 Å². The van der Waals surface area contributed by atoms with E-state index in [1.54, 1.807) is 50.0 Å². The minimum atomic E-state index is -0.842. The molecule has 1 aliphatic rings. The molecule has 0 bridgehead atoms. The van der Waals surface area contributed by atoms with Crippen LogP contribution in [0.25, 0.3) is 6.08 Å². The monoisotopic (exact) mass is 632 g/mol. The molecule has 8 nitrogen and oxygen atoms in total. The molecule has 4 aromatic rings. The van der Waals surface area contributed by atoms with E-state index in [2.05, 4.69) is 0 Å². The van der Waals surface area contributed by atoms with Gasteiger partial charge in [-0.2, -0.15) is 0 Å². The molecule has 1 aliphatic heterocycles. The highest BCUT2D eigenvalue weighted by atomic mass is 35.5. The van der Waals surface area contributed by atoms with E-state index in [1.807, 2.05) is 55.5 Å². The Bertz CT molecular complexity index is 1890. The second-order valence-electron chi connectivity index (χ2n) is 9.94. The van der Waals surface area contributed by atoms with E-state index in [0.29, 0.717) is 54.9 Å². The molecular weight excluding hydrogens is 600 g/mol. The third-order valence-electron chi connectivity index (χ3n) is 7.17. The molecule has 0 amide bonds. The van der Waals surface area contributed by atoms with Crippen LogP contribution < -0.4 is 29.1 Å². The predicted octanol–water partition coefficient (Wildman–Crippen LogP) is 5.83. The van der Waals surface area contributed by atoms with Gasteiger partial charge in [0.1, 0.15) is 29.9 Å². The summed E-state index contributed by atoms with van der Waals surface area (Å²) < 4.78 is 24.9. The number of halogens is 1. The highest BCUT2D eigenvalue weighted by Crippen LogP contribution is 2.38. The molecule has 0 spiro atoms. The third kappa shape index (κ3) is 6.30. The minimum Gasteiger partial charge on any atom is -0.497 e. The Balaban J connectivity index is 1.69. The molecule has 0 aliphatic carbocycles. The topological polar surface area (TPSA) is 88.4 Å². The first-order valence-corrected chi connectivity index (χ1v) is 15.5. The summed E-state index contributed by atoms with van der Waals surface area (Å²) in [4.78, 5) is 33.1. The number of esters is 1. The van der Waals surface area contributed by atoms with Crippen LogP contribution in [0.1, 0.15) is 49.4 Å². The first kappa shape index (κ1) is 31.1. The van der Waals surface area contributed by atoms with E-state index in [4.69, 9.17) is 35.5 Å². The summed E-state index contributed by atoms with van der Waals surface area (Å²) in [5.74, 6) is 1.14. The number of fused-ring (bicyclic) bond motifs is 1. The second-order valence-corrected chi connectivity index (χ2v) is 11.4. The zero-order valence-electron chi connectivity index (χ0n) is 25.0. The standard InChI is InChI=1S/C34H33ClN2O6S/c1-5-11-26-30(33(39)42-6-2)31(24-19-23(40-3)16-17-28(24)41-4)37-32(38)29(44-34(37)36-26)18-21-12-8-10-15-27(21)43-20-22-13-7-9-14-25(22)35/h7-10,12-19,31H,5-6,11,20H2,1-4H3/b29-18+/t31-/m0/s1. The van der Waals surface area contributed by atoms with Gasteiger partial charge in [0, 0.05) is 21.7 Å². The lowest BCUT2D eigenvalue weighted by Gasteiger charge is -2.27. The van der Waals surface area contributed by atoms with Gasteiger partial charge in [0.25, 0.3) is 5.56 Å². The van der Waals surface area contributed by atoms with Crippen molar-refractivity contribution in [2.45, 2.75) is 39.3 Å². The minimum absolute atomic E-state index is 0.180. The Morgan fingerprint density at radius 1 is 1.02 bits per heavy atom. The molecule has 2 heterocycles. The Hall–Kier alpha value is -4.34. The lowest BCUT2D eigenvalue weighted by molar-refractivity contribution is -0.139. The molecular formula is C34H33ClN2O6S. The fourth-order valence-corrected chi connectivity index (χ4v) is 6.31. The maximum atomic E-state index is 14.3. The van der Waals surface area contributed by atoms with Crippen molar-refractivity contribution in [3.63, 3.8) is 0 Å². The van der Waals surface area contributed by atoms with Gasteiger partial charge < -0.3 is 18.9 Å². The van der Waals surface area contributed by atoms with Crippen LogP contribution in [0.5, 0.6) is 17.2 Å². The van der Waals surface area contributed by atoms with Crippen LogP contribution in [0.3, 0.4) is 0 Å². The van der Waals surface area contributed by atoms with Crippen molar-refractivity contribution in [3.05, 3.63) is 119 Å². The smallest absolute Gasteiger partial charge is 0.338 e. The molecule has 0 saturated heterocycles. The summed E-state index contributed by atoms with van der Waals surface area (Å²) in [5, 5.41) is 0.617. The molecule has 0 radical (unpaired) electrons. The van der Waals surface area contributed by atoms with Crippen molar-refractivity contribution >= 4 is 35.0 Å². The largest absolute Gasteiger partial charge is 0.497 e. The summed E-state index contributed by atoms with van der Waals surface area (Å²) in [6.45, 7) is 4.21. The molecule has 228 valence electrons. The summed E-state index contributed by atoms with van der Waals surface area (Å²) in [6, 6.07) is 19.5. The van der Waals surface area contributed by atoms with Crippen LogP contribution in [-0.4, -0.2) is 31.4 Å². The number of thiazole rings is 1. The van der Waals surface area contributed by atoms with Crippen LogP contribution in [0.2, 0.25) is 5.02 Å². The summed E-state index contributed by atoms with van der Waals surface area (Å²) in [7, 11) is 3.11. The number of benzene rings is 3. The predicted molar refractivity (Wildman–Crippen MR) is 171 cm³/mol. The zero-order chi connectivity index (χ0) is 31.2. The Kier molecular flexibility index (Phi) is 9.87. The number of hydrogen-bond donors (Lipinski definition) is 0. The van der Waals surface area contributed by atoms with Gasteiger partial charge in [-0.25, -0.2) is 9.79 Å². The van der Waals surface area contributed by atoms with Crippen LogP contribution in [0, 0.1) is 0 Å². The summed E-state index contributed by atoms with van der Waals surface area (Å²) in [5.41, 5.74) is 2.75. The van der Waals surface area contributed by atoms with Gasteiger partial charge >= 0.3 is 5.97 Å². The molecule has 0 saturated carbocycles. The first-order valence-electron chi connectivity index (χ1n) is 14.3. The van der Waals surface area contributed by atoms with Crippen LogP contribution in [-0.2, 0) is 16.1 Å². The van der Waals surface area contributed by atoms with Crippen molar-refractivity contribution in [2.24, 2.45) is 4.99 Å². The molecule has 44 heavy (non-hydrogen) atoms. The number of para-hydroxylation sites is 1. The van der Waals surface area contributed by atoms with E-state index in [-0.39, 0.29) is 18.8 Å². The van der Waals surface area contributed by atoms with Crippen LogP contribution in [0.15, 0.2) is 87.8 Å². The first-order chi connectivity index (χ1) is 21.4. The van der Waals surface area contributed by atoms with Crippen LogP contribution >= 0.6 is 22.9 Å². The van der Waals surface area contributed by atoms with E-state index >= 15 is 0 Å². The second kappa shape index (κ2) is 14.0. The average Bonchev–Trinajstić information content (AvgIpc) is 3.34. The van der Waals surface area contributed by atoms with Gasteiger partial charge in [0.15, 0.2) is 4.80 Å². The fourth-order valence-electron chi connectivity index (χ4n) is 5.11. The number of carbonyl (C=O) groups excluding carboxylic acids is 1. The normalized spacial score (nSPS) is 14.6. The van der Waals surface area contributed by atoms with E-state index in [9.17, 15) is 9.59 Å². The number of hydrogen-bond acceptors (Lipinski definition) is 8. The molecule has 1 atom stereocenters. The Labute approximate surface area is 264 Å². The van der Waals surface area contributed by atoms with Crippen molar-refractivity contribution < 1.29 is 23.7 Å². The lowest BCUT2D eigenvalue weighted by atomic mass is 9.93. The maximum absolute atomic E-state index is 14.3. The van der Waals surface area contributed by atoms with Gasteiger partial charge in [0.05, 0.1) is 36.6 Å². The molecule has 0 N–H and O–H groups in total. The van der Waals surface area contributed by atoms with E-state index in [1.165, 1.54) is 11.3 Å². The van der Waals surface area contributed by atoms with E-state index < -0.39 is 12.0 Å². The average molecular weight is 633 g/mol. The number of aromatic nitrogens is 1. The van der Waals surface area contributed by atoms with Gasteiger partial charge in [-0.05, 0) is 49.8 Å². The van der Waals surface area contributed by atoms with Crippen LogP contribution in [0.4, 0.5) is 0 Å².